The van der Waals surface area contributed by atoms with E-state index >= 15 is 0 Å². The summed E-state index contributed by atoms with van der Waals surface area (Å²) in [7, 11) is 0. The third-order valence-electron chi connectivity index (χ3n) is 3.35. The minimum Gasteiger partial charge on any atom is -0.466 e. The van der Waals surface area contributed by atoms with E-state index in [2.05, 4.69) is 15.5 Å². The van der Waals surface area contributed by atoms with Crippen LogP contribution in [0.4, 0.5) is 0 Å². The molecular weight excluding hydrogens is 364 g/mol. The van der Waals surface area contributed by atoms with Crippen LogP contribution in [0, 0.1) is 4.77 Å². The summed E-state index contributed by atoms with van der Waals surface area (Å²) in [6.45, 7) is 2.54. The largest absolute Gasteiger partial charge is 0.466 e. The number of benzene rings is 1. The number of halogens is 1. The molecule has 7 nitrogen and oxygen atoms in total. The quantitative estimate of drug-likeness (QED) is 0.416. The van der Waals surface area contributed by atoms with Crippen molar-refractivity contribution in [3.05, 3.63) is 34.1 Å². The Morgan fingerprint density at radius 1 is 1.36 bits per heavy atom. The van der Waals surface area contributed by atoms with Gasteiger partial charge in [-0.15, -0.1) is 0 Å². The number of H-pyrrole nitrogens is 1. The van der Waals surface area contributed by atoms with E-state index in [0.717, 1.165) is 5.56 Å². The number of hydrogen-bond donors (Lipinski definition) is 2. The van der Waals surface area contributed by atoms with Gasteiger partial charge in [0.25, 0.3) is 0 Å². The average Bonchev–Trinajstić information content (AvgIpc) is 2.93. The molecule has 1 heterocycles. The number of esters is 1. The molecular formula is C16H19ClN4O3S. The van der Waals surface area contributed by atoms with Crippen LogP contribution < -0.4 is 5.32 Å². The van der Waals surface area contributed by atoms with Crippen LogP contribution in [-0.2, 0) is 20.9 Å². The fourth-order valence-electron chi connectivity index (χ4n) is 2.18. The zero-order valence-electron chi connectivity index (χ0n) is 13.8. The molecule has 0 spiro atoms. The lowest BCUT2D eigenvalue weighted by atomic mass is 10.2. The molecule has 25 heavy (non-hydrogen) atoms. The third-order valence-corrected chi connectivity index (χ3v) is 3.91. The minimum atomic E-state index is -0.265. The summed E-state index contributed by atoms with van der Waals surface area (Å²) in [5.41, 5.74) is 0.798. The highest BCUT2D eigenvalue weighted by atomic mass is 35.5. The van der Waals surface area contributed by atoms with Crippen molar-refractivity contribution in [2.45, 2.75) is 26.3 Å². The first-order valence-electron chi connectivity index (χ1n) is 7.84. The topological polar surface area (TPSA) is 89.0 Å². The molecule has 0 bridgehead atoms. The molecule has 134 valence electrons. The summed E-state index contributed by atoms with van der Waals surface area (Å²) in [5.74, 6) is 0.0822. The van der Waals surface area contributed by atoms with Gasteiger partial charge in [0.05, 0.1) is 6.61 Å². The van der Waals surface area contributed by atoms with Gasteiger partial charge in [0.2, 0.25) is 5.91 Å². The molecule has 0 aliphatic heterocycles. The van der Waals surface area contributed by atoms with Crippen molar-refractivity contribution >= 4 is 35.7 Å². The summed E-state index contributed by atoms with van der Waals surface area (Å²) in [6, 6.07) is 7.10. The highest BCUT2D eigenvalue weighted by Gasteiger charge is 2.12. The molecule has 2 N–H and O–H groups in total. The first kappa shape index (κ1) is 19.1. The molecule has 0 aliphatic carbocycles. The van der Waals surface area contributed by atoms with Crippen molar-refractivity contribution in [1.82, 2.24) is 20.1 Å². The third kappa shape index (κ3) is 5.68. The lowest BCUT2D eigenvalue weighted by molar-refractivity contribution is -0.143. The van der Waals surface area contributed by atoms with Crippen LogP contribution in [0.5, 0.6) is 0 Å². The van der Waals surface area contributed by atoms with Crippen LogP contribution in [-0.4, -0.2) is 39.8 Å². The molecule has 9 heteroatoms. The molecule has 1 aromatic heterocycles. The second kappa shape index (κ2) is 9.33. The van der Waals surface area contributed by atoms with Crippen LogP contribution in [0.25, 0.3) is 11.4 Å². The first-order valence-corrected chi connectivity index (χ1v) is 8.63. The maximum atomic E-state index is 12.1. The van der Waals surface area contributed by atoms with E-state index in [1.165, 1.54) is 0 Å². The van der Waals surface area contributed by atoms with Gasteiger partial charge in [-0.3, -0.25) is 19.3 Å². The van der Waals surface area contributed by atoms with Crippen molar-refractivity contribution in [2.24, 2.45) is 0 Å². The number of aromatic nitrogens is 3. The molecule has 0 atom stereocenters. The van der Waals surface area contributed by atoms with E-state index in [4.69, 9.17) is 28.6 Å². The van der Waals surface area contributed by atoms with Crippen molar-refractivity contribution in [3.63, 3.8) is 0 Å². The van der Waals surface area contributed by atoms with Gasteiger partial charge in [-0.25, -0.2) is 0 Å². The molecule has 0 fully saturated rings. The second-order valence-corrected chi connectivity index (χ2v) is 6.03. The Hall–Kier alpha value is -2.19. The Labute approximate surface area is 155 Å². The molecule has 2 aromatic rings. The fraction of sp³-hybridized carbons (Fsp3) is 0.375. The van der Waals surface area contributed by atoms with Crippen molar-refractivity contribution in [3.8, 4) is 11.4 Å². The Kier molecular flexibility index (Phi) is 7.15. The predicted octanol–water partition coefficient (Wildman–Crippen LogP) is 2.72. The van der Waals surface area contributed by atoms with Gasteiger partial charge in [-0.05, 0) is 49.8 Å². The Bertz CT molecular complexity index is 785. The zero-order valence-corrected chi connectivity index (χ0v) is 15.3. The molecule has 0 unspecified atom stereocenters. The molecule has 0 aliphatic rings. The van der Waals surface area contributed by atoms with E-state index in [9.17, 15) is 9.59 Å². The summed E-state index contributed by atoms with van der Waals surface area (Å²) in [4.78, 5) is 23.4. The predicted molar refractivity (Wildman–Crippen MR) is 96.7 cm³/mol. The van der Waals surface area contributed by atoms with E-state index < -0.39 is 0 Å². The maximum Gasteiger partial charge on any atom is 0.305 e. The highest BCUT2D eigenvalue weighted by molar-refractivity contribution is 7.71. The summed E-state index contributed by atoms with van der Waals surface area (Å²) in [5, 5.41) is 10.2. The number of aromatic amines is 1. The van der Waals surface area contributed by atoms with Crippen LogP contribution in [0.3, 0.4) is 0 Å². The van der Waals surface area contributed by atoms with Gasteiger partial charge >= 0.3 is 5.97 Å². The number of ether oxygens (including phenoxy) is 1. The first-order chi connectivity index (χ1) is 12.0. The van der Waals surface area contributed by atoms with Gasteiger partial charge in [-0.2, -0.15) is 5.10 Å². The number of amides is 1. The fourth-order valence-corrected chi connectivity index (χ4v) is 2.50. The lowest BCUT2D eigenvalue weighted by Gasteiger charge is -2.08. The summed E-state index contributed by atoms with van der Waals surface area (Å²) in [6.07, 6.45) is 0.792. The molecule has 0 saturated heterocycles. The molecule has 0 saturated carbocycles. The van der Waals surface area contributed by atoms with E-state index in [0.29, 0.717) is 35.2 Å². The van der Waals surface area contributed by atoms with Gasteiger partial charge in [0.15, 0.2) is 10.6 Å². The van der Waals surface area contributed by atoms with Crippen LogP contribution >= 0.6 is 23.8 Å². The Balaban J connectivity index is 1.93. The number of hydrogen-bond acceptors (Lipinski definition) is 5. The average molecular weight is 383 g/mol. The standard InChI is InChI=1S/C16H19ClN4O3S/c1-2-24-14(23)4-3-9-18-13(22)10-21-15(19-20-16(21)25)11-5-7-12(17)8-6-11/h5-8H,2-4,9-10H2,1H3,(H,18,22)(H,20,25). The van der Waals surface area contributed by atoms with E-state index in [1.54, 1.807) is 35.8 Å². The van der Waals surface area contributed by atoms with Crippen molar-refractivity contribution in [1.29, 1.82) is 0 Å². The summed E-state index contributed by atoms with van der Waals surface area (Å²) < 4.78 is 6.80. The molecule has 1 amide bonds. The van der Waals surface area contributed by atoms with Crippen LogP contribution in [0.1, 0.15) is 19.8 Å². The number of carbonyl (C=O) groups excluding carboxylic acids is 2. The number of nitrogens with one attached hydrogen (secondary N) is 2. The number of rotatable bonds is 8. The highest BCUT2D eigenvalue weighted by Crippen LogP contribution is 2.19. The smallest absolute Gasteiger partial charge is 0.305 e. The Morgan fingerprint density at radius 3 is 2.76 bits per heavy atom. The van der Waals surface area contributed by atoms with Gasteiger partial charge < -0.3 is 10.1 Å². The SMILES string of the molecule is CCOC(=O)CCCNC(=O)Cn1c(-c2ccc(Cl)cc2)n[nH]c1=S. The van der Waals surface area contributed by atoms with E-state index in [-0.39, 0.29) is 24.8 Å². The number of carbonyl (C=O) groups is 2. The van der Waals surface area contributed by atoms with Gasteiger partial charge in [0, 0.05) is 23.6 Å². The number of nitrogens with zero attached hydrogens (tertiary/aromatic N) is 2. The van der Waals surface area contributed by atoms with Gasteiger partial charge in [0.1, 0.15) is 6.54 Å². The van der Waals surface area contributed by atoms with Crippen molar-refractivity contribution < 1.29 is 14.3 Å². The monoisotopic (exact) mass is 382 g/mol. The molecule has 0 radical (unpaired) electrons. The Morgan fingerprint density at radius 2 is 2.08 bits per heavy atom. The zero-order chi connectivity index (χ0) is 18.2. The maximum absolute atomic E-state index is 12.1. The van der Waals surface area contributed by atoms with Crippen LogP contribution in [0.15, 0.2) is 24.3 Å². The minimum absolute atomic E-state index is 0.0344. The van der Waals surface area contributed by atoms with E-state index in [1.807, 2.05) is 0 Å². The second-order valence-electron chi connectivity index (χ2n) is 5.20. The lowest BCUT2D eigenvalue weighted by Crippen LogP contribution is -2.29. The molecule has 2 rings (SSSR count). The van der Waals surface area contributed by atoms with Crippen LogP contribution in [0.2, 0.25) is 5.02 Å². The van der Waals surface area contributed by atoms with Crippen molar-refractivity contribution in [2.75, 3.05) is 13.2 Å². The summed E-state index contributed by atoms with van der Waals surface area (Å²) >= 11 is 11.1. The molecule has 1 aromatic carbocycles. The van der Waals surface area contributed by atoms with Gasteiger partial charge in [-0.1, -0.05) is 11.6 Å². The normalized spacial score (nSPS) is 10.5.